The van der Waals surface area contributed by atoms with E-state index in [1.807, 2.05) is 18.2 Å². The molecule has 0 aliphatic carbocycles. The van der Waals surface area contributed by atoms with Crippen molar-refractivity contribution < 1.29 is 13.3 Å². The smallest absolute Gasteiger partial charge is 0.258 e. The fourth-order valence-electron chi connectivity index (χ4n) is 2.47. The highest BCUT2D eigenvalue weighted by atomic mass is 79.9. The van der Waals surface area contributed by atoms with Gasteiger partial charge in [0.1, 0.15) is 0 Å². The number of nitrogens with zero attached hydrogens (tertiary/aromatic N) is 2. The Bertz CT molecular complexity index is 867. The number of hydrogen-bond acceptors (Lipinski definition) is 4. The van der Waals surface area contributed by atoms with Gasteiger partial charge in [0.25, 0.3) is 15.7 Å². The van der Waals surface area contributed by atoms with Crippen LogP contribution in [0.5, 0.6) is 0 Å². The van der Waals surface area contributed by atoms with Gasteiger partial charge >= 0.3 is 0 Å². The van der Waals surface area contributed by atoms with Crippen LogP contribution in [-0.2, 0) is 23.1 Å². The van der Waals surface area contributed by atoms with Crippen LogP contribution in [0.1, 0.15) is 11.1 Å². The zero-order valence-electron chi connectivity index (χ0n) is 11.3. The maximum atomic E-state index is 12.7. The molecule has 0 unspecified atom stereocenters. The van der Waals surface area contributed by atoms with Crippen molar-refractivity contribution in [2.24, 2.45) is 0 Å². The molecule has 1 heterocycles. The number of halogens is 1. The van der Waals surface area contributed by atoms with Gasteiger partial charge in [-0.25, -0.2) is 8.42 Å². The molecule has 6 nitrogen and oxygen atoms in total. The number of benzene rings is 2. The SMILES string of the molecule is O=[N+]([O-])c1ccccc1S(=O)(=O)N1Cc2ccc(Br)cc2C1. The van der Waals surface area contributed by atoms with Crippen molar-refractivity contribution in [3.8, 4) is 0 Å². The number of nitro benzene ring substituents is 1. The minimum Gasteiger partial charge on any atom is -0.258 e. The van der Waals surface area contributed by atoms with Gasteiger partial charge in [-0.2, -0.15) is 4.31 Å². The van der Waals surface area contributed by atoms with Crippen LogP contribution in [0, 0.1) is 10.1 Å². The molecule has 3 rings (SSSR count). The third kappa shape index (κ3) is 2.53. The normalized spacial score (nSPS) is 14.8. The summed E-state index contributed by atoms with van der Waals surface area (Å²) in [5.74, 6) is 0. The lowest BCUT2D eigenvalue weighted by Gasteiger charge is -2.15. The van der Waals surface area contributed by atoms with Gasteiger partial charge < -0.3 is 0 Å². The highest BCUT2D eigenvalue weighted by molar-refractivity contribution is 9.10. The van der Waals surface area contributed by atoms with Gasteiger partial charge in [-0.15, -0.1) is 0 Å². The minimum atomic E-state index is -3.92. The Kier molecular flexibility index (Phi) is 3.75. The number of hydrogen-bond donors (Lipinski definition) is 0. The fraction of sp³-hybridized carbons (Fsp3) is 0.143. The molecule has 2 aromatic rings. The summed E-state index contributed by atoms with van der Waals surface area (Å²) in [4.78, 5) is 10.1. The molecule has 0 bridgehead atoms. The zero-order chi connectivity index (χ0) is 15.9. The molecule has 0 aromatic heterocycles. The molecule has 0 fully saturated rings. The van der Waals surface area contributed by atoms with Gasteiger partial charge in [0.05, 0.1) is 4.92 Å². The van der Waals surface area contributed by atoms with Crippen molar-refractivity contribution in [1.82, 2.24) is 4.31 Å². The minimum absolute atomic E-state index is 0.211. The van der Waals surface area contributed by atoms with Crippen LogP contribution >= 0.6 is 15.9 Å². The zero-order valence-corrected chi connectivity index (χ0v) is 13.7. The van der Waals surface area contributed by atoms with Crippen LogP contribution in [-0.4, -0.2) is 17.6 Å². The first kappa shape index (κ1) is 15.1. The summed E-state index contributed by atoms with van der Waals surface area (Å²) in [6.45, 7) is 0.431. The Morgan fingerprint density at radius 1 is 1.09 bits per heavy atom. The summed E-state index contributed by atoms with van der Waals surface area (Å²) in [5.41, 5.74) is 1.40. The maximum Gasteiger partial charge on any atom is 0.289 e. The second-order valence-electron chi connectivity index (χ2n) is 4.91. The van der Waals surface area contributed by atoms with E-state index in [1.165, 1.54) is 28.6 Å². The van der Waals surface area contributed by atoms with Crippen LogP contribution in [0.15, 0.2) is 51.8 Å². The monoisotopic (exact) mass is 382 g/mol. The highest BCUT2D eigenvalue weighted by Gasteiger charge is 2.34. The first-order chi connectivity index (χ1) is 10.4. The Morgan fingerprint density at radius 3 is 2.50 bits per heavy atom. The summed E-state index contributed by atoms with van der Waals surface area (Å²) in [7, 11) is -3.92. The Morgan fingerprint density at radius 2 is 1.77 bits per heavy atom. The summed E-state index contributed by atoms with van der Waals surface area (Å²) >= 11 is 3.35. The summed E-state index contributed by atoms with van der Waals surface area (Å²) in [5, 5.41) is 11.1. The maximum absolute atomic E-state index is 12.7. The van der Waals surface area contributed by atoms with Gasteiger partial charge in [0.2, 0.25) is 0 Å². The van der Waals surface area contributed by atoms with Crippen molar-refractivity contribution in [3.63, 3.8) is 0 Å². The summed E-state index contributed by atoms with van der Waals surface area (Å²) < 4.78 is 27.6. The van der Waals surface area contributed by atoms with E-state index < -0.39 is 20.6 Å². The Labute approximate surface area is 135 Å². The lowest BCUT2D eigenvalue weighted by Crippen LogP contribution is -2.26. The molecule has 22 heavy (non-hydrogen) atoms. The molecule has 0 atom stereocenters. The molecule has 0 spiro atoms. The number of rotatable bonds is 3. The molecule has 114 valence electrons. The quantitative estimate of drug-likeness (QED) is 0.603. The molecule has 1 aliphatic heterocycles. The summed E-state index contributed by atoms with van der Waals surface area (Å²) in [6.07, 6.45) is 0. The van der Waals surface area contributed by atoms with Gasteiger partial charge in [0.15, 0.2) is 4.90 Å². The number of para-hydroxylation sites is 1. The largest absolute Gasteiger partial charge is 0.289 e. The predicted molar refractivity (Wildman–Crippen MR) is 83.7 cm³/mol. The van der Waals surface area contributed by atoms with Crippen LogP contribution in [0.4, 0.5) is 5.69 Å². The summed E-state index contributed by atoms with van der Waals surface area (Å²) in [6, 6.07) is 11.0. The van der Waals surface area contributed by atoms with E-state index in [9.17, 15) is 18.5 Å². The van der Waals surface area contributed by atoms with Crippen molar-refractivity contribution in [3.05, 3.63) is 68.2 Å². The molecule has 0 saturated carbocycles. The Balaban J connectivity index is 2.01. The van der Waals surface area contributed by atoms with E-state index in [0.29, 0.717) is 0 Å². The van der Waals surface area contributed by atoms with Gasteiger partial charge in [-0.1, -0.05) is 34.1 Å². The van der Waals surface area contributed by atoms with Crippen LogP contribution in [0.2, 0.25) is 0 Å². The second kappa shape index (κ2) is 5.45. The number of fused-ring (bicyclic) bond motifs is 1. The van der Waals surface area contributed by atoms with Gasteiger partial charge in [-0.05, 0) is 29.3 Å². The number of sulfonamides is 1. The molecule has 8 heteroatoms. The first-order valence-corrected chi connectivity index (χ1v) is 8.64. The van der Waals surface area contributed by atoms with Crippen LogP contribution in [0.25, 0.3) is 0 Å². The van der Waals surface area contributed by atoms with E-state index in [0.717, 1.165) is 15.6 Å². The predicted octanol–water partition coefficient (Wildman–Crippen LogP) is 3.06. The van der Waals surface area contributed by atoms with E-state index >= 15 is 0 Å². The van der Waals surface area contributed by atoms with Crippen molar-refractivity contribution in [2.75, 3.05) is 0 Å². The second-order valence-corrected chi connectivity index (χ2v) is 7.73. The molecule has 0 N–H and O–H groups in total. The third-order valence-corrected chi connectivity index (χ3v) is 5.87. The lowest BCUT2D eigenvalue weighted by molar-refractivity contribution is -0.387. The highest BCUT2D eigenvalue weighted by Crippen LogP contribution is 2.33. The van der Waals surface area contributed by atoms with Gasteiger partial charge in [0, 0.05) is 23.6 Å². The Hall–Kier alpha value is -1.77. The fourth-order valence-corrected chi connectivity index (χ4v) is 4.43. The van der Waals surface area contributed by atoms with Crippen molar-refractivity contribution in [2.45, 2.75) is 18.0 Å². The molecule has 0 amide bonds. The van der Waals surface area contributed by atoms with Gasteiger partial charge in [-0.3, -0.25) is 10.1 Å². The average Bonchev–Trinajstić information content (AvgIpc) is 2.91. The number of nitro groups is 1. The van der Waals surface area contributed by atoms with Crippen molar-refractivity contribution in [1.29, 1.82) is 0 Å². The molecule has 0 radical (unpaired) electrons. The van der Waals surface area contributed by atoms with E-state index in [1.54, 1.807) is 0 Å². The molecular formula is C14H11BrN2O4S. The topological polar surface area (TPSA) is 80.5 Å². The van der Waals surface area contributed by atoms with Crippen LogP contribution in [0.3, 0.4) is 0 Å². The molecule has 0 saturated heterocycles. The lowest BCUT2D eigenvalue weighted by atomic mass is 10.1. The molecule has 2 aromatic carbocycles. The van der Waals surface area contributed by atoms with Crippen LogP contribution < -0.4 is 0 Å². The average molecular weight is 383 g/mol. The standard InChI is InChI=1S/C14H11BrN2O4S/c15-12-6-5-10-8-16(9-11(10)7-12)22(20,21)14-4-2-1-3-13(14)17(18)19/h1-7H,8-9H2. The van der Waals surface area contributed by atoms with E-state index in [-0.39, 0.29) is 18.0 Å². The molecule has 1 aliphatic rings. The molecular weight excluding hydrogens is 372 g/mol. The van der Waals surface area contributed by atoms with E-state index in [4.69, 9.17) is 0 Å². The van der Waals surface area contributed by atoms with E-state index in [2.05, 4.69) is 15.9 Å². The third-order valence-electron chi connectivity index (χ3n) is 3.54. The first-order valence-electron chi connectivity index (χ1n) is 6.40. The van der Waals surface area contributed by atoms with Crippen molar-refractivity contribution >= 4 is 31.6 Å².